The van der Waals surface area contributed by atoms with Crippen molar-refractivity contribution in [3.63, 3.8) is 0 Å². The number of fused-ring (bicyclic) bond motifs is 1. The van der Waals surface area contributed by atoms with Crippen LogP contribution in [0.25, 0.3) is 0 Å². The van der Waals surface area contributed by atoms with Gasteiger partial charge >= 0.3 is 11.9 Å². The van der Waals surface area contributed by atoms with Gasteiger partial charge in [-0.05, 0) is 19.8 Å². The van der Waals surface area contributed by atoms with Crippen LogP contribution in [0.4, 0.5) is 0 Å². The molecule has 0 aromatic carbocycles. The molecule has 1 N–H and O–H groups in total. The summed E-state index contributed by atoms with van der Waals surface area (Å²) in [6.07, 6.45) is 0.634. The zero-order valence-electron chi connectivity index (χ0n) is 12.7. The molecule has 0 radical (unpaired) electrons. The fraction of sp³-hybridized carbons (Fsp3) is 0.714. The third-order valence-corrected chi connectivity index (χ3v) is 8.11. The number of nitrogens with one attached hydrogen (secondary N) is 1. The topological polar surface area (TPSA) is 98.8 Å². The molecule has 9 heteroatoms. The van der Waals surface area contributed by atoms with Crippen LogP contribution in [0.2, 0.25) is 0 Å². The highest BCUT2D eigenvalue weighted by Gasteiger charge is 2.64. The maximum absolute atomic E-state index is 11.9. The molecule has 3 heterocycles. The van der Waals surface area contributed by atoms with Crippen molar-refractivity contribution in [3.05, 3.63) is 12.2 Å². The first-order valence-corrected chi connectivity index (χ1v) is 9.97. The first-order chi connectivity index (χ1) is 10.8. The third-order valence-electron chi connectivity index (χ3n) is 4.31. The van der Waals surface area contributed by atoms with Gasteiger partial charge in [0.1, 0.15) is 6.10 Å². The standard InChI is InChI=1S/C14H19NO6S2/c1-7(2)14(17)20-5-3-4-10(16)21-12-8-6-9-13(22-8)11(12)15-23(9,18)19/h8-9,11-13,15H,1,3-6H2,2H3. The molecule has 128 valence electrons. The molecule has 5 atom stereocenters. The third kappa shape index (κ3) is 3.14. The minimum Gasteiger partial charge on any atom is -0.462 e. The second-order valence-corrected chi connectivity index (χ2v) is 9.43. The van der Waals surface area contributed by atoms with Crippen molar-refractivity contribution >= 4 is 33.7 Å². The maximum atomic E-state index is 11.9. The largest absolute Gasteiger partial charge is 0.462 e. The lowest BCUT2D eigenvalue weighted by molar-refractivity contribution is -0.151. The van der Waals surface area contributed by atoms with Crippen LogP contribution >= 0.6 is 11.8 Å². The van der Waals surface area contributed by atoms with Crippen LogP contribution in [-0.2, 0) is 29.1 Å². The Hall–Kier alpha value is -1.06. The van der Waals surface area contributed by atoms with Gasteiger partial charge in [-0.1, -0.05) is 6.58 Å². The average molecular weight is 361 g/mol. The number of sulfonamides is 1. The van der Waals surface area contributed by atoms with E-state index < -0.39 is 28.1 Å². The Morgan fingerprint density at radius 3 is 2.83 bits per heavy atom. The second-order valence-electron chi connectivity index (χ2n) is 6.08. The quantitative estimate of drug-likeness (QED) is 0.414. The maximum Gasteiger partial charge on any atom is 0.333 e. The number of ether oxygens (including phenoxy) is 2. The summed E-state index contributed by atoms with van der Waals surface area (Å²) in [5.74, 6) is -0.869. The molecule has 0 amide bonds. The first kappa shape index (κ1) is 16.8. The van der Waals surface area contributed by atoms with Gasteiger partial charge in [-0.3, -0.25) is 4.79 Å². The van der Waals surface area contributed by atoms with Gasteiger partial charge in [-0.25, -0.2) is 17.9 Å². The smallest absolute Gasteiger partial charge is 0.333 e. The van der Waals surface area contributed by atoms with Crippen molar-refractivity contribution in [2.75, 3.05) is 6.61 Å². The molecule has 3 saturated heterocycles. The molecule has 0 aromatic heterocycles. The molecule has 23 heavy (non-hydrogen) atoms. The molecule has 3 rings (SSSR count). The summed E-state index contributed by atoms with van der Waals surface area (Å²) >= 11 is 1.60. The fourth-order valence-electron chi connectivity index (χ4n) is 3.23. The van der Waals surface area contributed by atoms with Crippen molar-refractivity contribution in [3.8, 4) is 0 Å². The number of hydrogen-bond donors (Lipinski definition) is 1. The molecule has 3 aliphatic heterocycles. The van der Waals surface area contributed by atoms with E-state index in [1.54, 1.807) is 18.7 Å². The van der Waals surface area contributed by atoms with Gasteiger partial charge in [-0.15, -0.1) is 11.8 Å². The Balaban J connectivity index is 1.45. The van der Waals surface area contributed by atoms with E-state index in [0.29, 0.717) is 18.4 Å². The van der Waals surface area contributed by atoms with Crippen LogP contribution in [0, 0.1) is 0 Å². The van der Waals surface area contributed by atoms with Gasteiger partial charge in [-0.2, -0.15) is 0 Å². The van der Waals surface area contributed by atoms with Crippen molar-refractivity contribution in [2.24, 2.45) is 0 Å². The summed E-state index contributed by atoms with van der Waals surface area (Å²) in [5, 5.41) is -0.316. The summed E-state index contributed by atoms with van der Waals surface area (Å²) in [6, 6.07) is -0.307. The Morgan fingerprint density at radius 1 is 1.39 bits per heavy atom. The molecule has 7 nitrogen and oxygen atoms in total. The second kappa shape index (κ2) is 6.10. The SMILES string of the molecule is C=C(C)C(=O)OCCCC(=O)OC1C2CC3C(S2)C1NS3(=O)=O. The normalized spacial score (nSPS) is 36.0. The number of carbonyl (C=O) groups excluding carboxylic acids is 2. The minimum atomic E-state index is -3.27. The Bertz CT molecular complexity index is 646. The summed E-state index contributed by atoms with van der Waals surface area (Å²) in [4.78, 5) is 23.1. The summed E-state index contributed by atoms with van der Waals surface area (Å²) in [7, 11) is -3.27. The van der Waals surface area contributed by atoms with Crippen LogP contribution in [0.5, 0.6) is 0 Å². The van der Waals surface area contributed by atoms with Crippen molar-refractivity contribution in [2.45, 2.75) is 54.1 Å². The van der Waals surface area contributed by atoms with Crippen LogP contribution < -0.4 is 4.72 Å². The number of carbonyl (C=O) groups is 2. The number of rotatable bonds is 6. The predicted molar refractivity (Wildman–Crippen MR) is 84.3 cm³/mol. The number of hydrogen-bond acceptors (Lipinski definition) is 7. The van der Waals surface area contributed by atoms with Crippen molar-refractivity contribution in [1.82, 2.24) is 4.72 Å². The van der Waals surface area contributed by atoms with Gasteiger partial charge in [0.2, 0.25) is 10.0 Å². The molecular weight excluding hydrogens is 342 g/mol. The first-order valence-electron chi connectivity index (χ1n) is 7.48. The van der Waals surface area contributed by atoms with E-state index >= 15 is 0 Å². The summed E-state index contributed by atoms with van der Waals surface area (Å²) in [6.45, 7) is 5.15. The van der Waals surface area contributed by atoms with Gasteiger partial charge < -0.3 is 9.47 Å². The molecular formula is C14H19NO6S2. The molecule has 0 aromatic rings. The van der Waals surface area contributed by atoms with E-state index in [9.17, 15) is 18.0 Å². The molecule has 0 saturated carbocycles. The fourth-order valence-corrected chi connectivity index (χ4v) is 7.67. The van der Waals surface area contributed by atoms with E-state index in [-0.39, 0.29) is 34.8 Å². The van der Waals surface area contributed by atoms with Crippen molar-refractivity contribution in [1.29, 1.82) is 0 Å². The van der Waals surface area contributed by atoms with Crippen LogP contribution in [0.1, 0.15) is 26.2 Å². The lowest BCUT2D eigenvalue weighted by Gasteiger charge is -2.24. The molecule has 3 aliphatic rings. The van der Waals surface area contributed by atoms with Gasteiger partial charge in [0, 0.05) is 22.5 Å². The van der Waals surface area contributed by atoms with Crippen LogP contribution in [0.15, 0.2) is 12.2 Å². The summed E-state index contributed by atoms with van der Waals surface area (Å²) < 4.78 is 36.9. The Morgan fingerprint density at radius 2 is 2.13 bits per heavy atom. The number of thioether (sulfide) groups is 1. The molecule has 2 bridgehead atoms. The van der Waals surface area contributed by atoms with E-state index in [0.717, 1.165) is 0 Å². The zero-order chi connectivity index (χ0) is 16.8. The molecule has 3 fully saturated rings. The molecule has 5 unspecified atom stereocenters. The highest BCUT2D eigenvalue weighted by atomic mass is 32.2. The van der Waals surface area contributed by atoms with E-state index in [1.807, 2.05) is 0 Å². The number of esters is 2. The van der Waals surface area contributed by atoms with E-state index in [4.69, 9.17) is 9.47 Å². The average Bonchev–Trinajstić information content (AvgIpc) is 3.07. The Labute approximate surface area is 139 Å². The summed E-state index contributed by atoms with van der Waals surface area (Å²) in [5.41, 5.74) is 0.314. The lowest BCUT2D eigenvalue weighted by atomic mass is 9.93. The molecule has 0 aliphatic carbocycles. The van der Waals surface area contributed by atoms with E-state index in [2.05, 4.69) is 11.3 Å². The van der Waals surface area contributed by atoms with Gasteiger partial charge in [0.25, 0.3) is 0 Å². The highest BCUT2D eigenvalue weighted by molar-refractivity contribution is 8.03. The van der Waals surface area contributed by atoms with Gasteiger partial charge in [0.15, 0.2) is 0 Å². The predicted octanol–water partition coefficient (Wildman–Crippen LogP) is 0.356. The van der Waals surface area contributed by atoms with Gasteiger partial charge in [0.05, 0.1) is 17.9 Å². The highest BCUT2D eigenvalue weighted by Crippen LogP contribution is 2.53. The van der Waals surface area contributed by atoms with Crippen LogP contribution in [-0.4, -0.2) is 54.9 Å². The minimum absolute atomic E-state index is 0.0145. The molecule has 0 spiro atoms. The van der Waals surface area contributed by atoms with Crippen molar-refractivity contribution < 1.29 is 27.5 Å². The Kier molecular flexibility index (Phi) is 4.45. The zero-order valence-corrected chi connectivity index (χ0v) is 14.3. The van der Waals surface area contributed by atoms with Crippen LogP contribution in [0.3, 0.4) is 0 Å². The monoisotopic (exact) mass is 361 g/mol. The lowest BCUT2D eigenvalue weighted by Crippen LogP contribution is -2.45. The van der Waals surface area contributed by atoms with E-state index in [1.165, 1.54) is 0 Å².